The van der Waals surface area contributed by atoms with Gasteiger partial charge in [-0.1, -0.05) is 58.3 Å². The first-order chi connectivity index (χ1) is 13.2. The maximum absolute atomic E-state index is 12.2. The molecule has 2 rings (SSSR count). The van der Waals surface area contributed by atoms with E-state index >= 15 is 0 Å². The fourth-order valence-electron chi connectivity index (χ4n) is 3.52. The summed E-state index contributed by atoms with van der Waals surface area (Å²) in [6, 6.07) is 6.89. The molecule has 0 saturated heterocycles. The van der Waals surface area contributed by atoms with Gasteiger partial charge in [0.05, 0.1) is 12.6 Å². The summed E-state index contributed by atoms with van der Waals surface area (Å²) in [6.07, 6.45) is 13.9. The molecule has 1 aliphatic rings. The third-order valence-electron chi connectivity index (χ3n) is 5.24. The van der Waals surface area contributed by atoms with E-state index in [2.05, 4.69) is 12.2 Å². The van der Waals surface area contributed by atoms with Crippen molar-refractivity contribution < 1.29 is 14.3 Å². The number of unbranched alkanes of at least 4 members (excludes halogenated alkanes) is 8. The first-order valence-corrected chi connectivity index (χ1v) is 10.8. The molecule has 27 heavy (non-hydrogen) atoms. The quantitative estimate of drug-likeness (QED) is 0.468. The average Bonchev–Trinajstić information content (AvgIpc) is 3.08. The van der Waals surface area contributed by atoms with Gasteiger partial charge in [0.15, 0.2) is 5.78 Å². The van der Waals surface area contributed by atoms with Crippen LogP contribution in [0.2, 0.25) is 0 Å². The van der Waals surface area contributed by atoms with Crippen LogP contribution in [-0.4, -0.2) is 24.3 Å². The highest BCUT2D eigenvalue weighted by Gasteiger charge is 2.26. The van der Waals surface area contributed by atoms with Gasteiger partial charge in [-0.05, 0) is 43.5 Å². The monoisotopic (exact) mass is 373 g/mol. The number of rotatable bonds is 13. The Bertz CT molecular complexity index is 567. The van der Waals surface area contributed by atoms with Crippen molar-refractivity contribution in [3.05, 3.63) is 29.8 Å². The molecule has 0 spiro atoms. The standard InChI is InChI=1S/C23H35NO3/c1-2-3-4-5-6-7-8-9-10-18-27-20-16-14-19(15-17-20)23(26)24-21-12-11-13-22(21)25/h14-17,21H,2-13,18H2,1H3,(H,24,26). The second-order valence-electron chi connectivity index (χ2n) is 7.59. The summed E-state index contributed by atoms with van der Waals surface area (Å²) in [4.78, 5) is 23.8. The number of Topliss-reactive ketones (excluding diaryl/α,β-unsaturated/α-hetero) is 1. The number of benzene rings is 1. The molecular formula is C23H35NO3. The van der Waals surface area contributed by atoms with Gasteiger partial charge in [-0.25, -0.2) is 0 Å². The molecule has 150 valence electrons. The zero-order valence-corrected chi connectivity index (χ0v) is 16.8. The minimum Gasteiger partial charge on any atom is -0.494 e. The van der Waals surface area contributed by atoms with Gasteiger partial charge in [0, 0.05) is 12.0 Å². The Labute approximate surface area is 164 Å². The SMILES string of the molecule is CCCCCCCCCCCOc1ccc(C(=O)NC2CCCC2=O)cc1. The summed E-state index contributed by atoms with van der Waals surface area (Å²) >= 11 is 0. The van der Waals surface area contributed by atoms with Crippen molar-refractivity contribution in [3.8, 4) is 5.75 Å². The van der Waals surface area contributed by atoms with Gasteiger partial charge in [0.1, 0.15) is 5.75 Å². The maximum Gasteiger partial charge on any atom is 0.251 e. The minimum absolute atomic E-state index is 0.143. The molecule has 0 bridgehead atoms. The summed E-state index contributed by atoms with van der Waals surface area (Å²) in [7, 11) is 0. The van der Waals surface area contributed by atoms with E-state index in [1.165, 1.54) is 51.4 Å². The third kappa shape index (κ3) is 8.15. The van der Waals surface area contributed by atoms with Crippen molar-refractivity contribution in [1.82, 2.24) is 5.32 Å². The predicted octanol–water partition coefficient (Wildman–Crippen LogP) is 5.45. The Morgan fingerprint density at radius 1 is 1.00 bits per heavy atom. The summed E-state index contributed by atoms with van der Waals surface area (Å²) in [5.41, 5.74) is 0.574. The molecule has 1 amide bonds. The maximum atomic E-state index is 12.2. The molecule has 4 nitrogen and oxygen atoms in total. The number of ether oxygens (including phenoxy) is 1. The number of nitrogens with one attached hydrogen (secondary N) is 1. The van der Waals surface area contributed by atoms with E-state index in [1.54, 1.807) is 12.1 Å². The first kappa shape index (κ1) is 21.5. The number of hydrogen-bond donors (Lipinski definition) is 1. The van der Waals surface area contributed by atoms with Gasteiger partial charge >= 0.3 is 0 Å². The summed E-state index contributed by atoms with van der Waals surface area (Å²) in [5.74, 6) is 0.757. The molecule has 1 saturated carbocycles. The normalized spacial score (nSPS) is 16.5. The number of carbonyl (C=O) groups excluding carboxylic acids is 2. The van der Waals surface area contributed by atoms with Crippen LogP contribution in [0.4, 0.5) is 0 Å². The number of ketones is 1. The smallest absolute Gasteiger partial charge is 0.251 e. The van der Waals surface area contributed by atoms with Gasteiger partial charge < -0.3 is 10.1 Å². The van der Waals surface area contributed by atoms with E-state index in [0.717, 1.165) is 31.6 Å². The van der Waals surface area contributed by atoms with Crippen LogP contribution in [0.5, 0.6) is 5.75 Å². The molecule has 1 fully saturated rings. The lowest BCUT2D eigenvalue weighted by Gasteiger charge is -2.11. The summed E-state index contributed by atoms with van der Waals surface area (Å²) in [5, 5.41) is 2.82. The van der Waals surface area contributed by atoms with Gasteiger partial charge in [-0.3, -0.25) is 9.59 Å². The molecule has 0 heterocycles. The van der Waals surface area contributed by atoms with Crippen LogP contribution in [0, 0.1) is 0 Å². The molecule has 1 unspecified atom stereocenters. The summed E-state index contributed by atoms with van der Waals surface area (Å²) < 4.78 is 5.77. The van der Waals surface area contributed by atoms with Gasteiger partial charge in [0.25, 0.3) is 5.91 Å². The van der Waals surface area contributed by atoms with E-state index in [1.807, 2.05) is 12.1 Å². The largest absolute Gasteiger partial charge is 0.494 e. The Morgan fingerprint density at radius 3 is 2.22 bits per heavy atom. The molecule has 0 aliphatic heterocycles. The van der Waals surface area contributed by atoms with Crippen molar-refractivity contribution in [2.45, 2.75) is 90.0 Å². The van der Waals surface area contributed by atoms with Gasteiger partial charge in [-0.2, -0.15) is 0 Å². The van der Waals surface area contributed by atoms with Crippen molar-refractivity contribution in [2.24, 2.45) is 0 Å². The molecule has 4 heteroatoms. The van der Waals surface area contributed by atoms with Gasteiger partial charge in [0.2, 0.25) is 0 Å². The van der Waals surface area contributed by atoms with Crippen LogP contribution in [0.3, 0.4) is 0 Å². The van der Waals surface area contributed by atoms with E-state index in [4.69, 9.17) is 4.74 Å². The first-order valence-electron chi connectivity index (χ1n) is 10.8. The van der Waals surface area contributed by atoms with Crippen LogP contribution < -0.4 is 10.1 Å². The van der Waals surface area contributed by atoms with Crippen LogP contribution in [0.1, 0.15) is 94.3 Å². The second kappa shape index (κ2) is 12.5. The molecule has 1 aliphatic carbocycles. The Balaban J connectivity index is 1.56. The lowest BCUT2D eigenvalue weighted by atomic mass is 10.1. The van der Waals surface area contributed by atoms with Crippen molar-refractivity contribution in [1.29, 1.82) is 0 Å². The molecule has 1 aromatic rings. The molecular weight excluding hydrogens is 338 g/mol. The highest BCUT2D eigenvalue weighted by atomic mass is 16.5. The molecule has 0 aromatic heterocycles. The van der Waals surface area contributed by atoms with E-state index in [9.17, 15) is 9.59 Å². The Hall–Kier alpha value is -1.84. The van der Waals surface area contributed by atoms with Crippen molar-refractivity contribution >= 4 is 11.7 Å². The fraction of sp³-hybridized carbons (Fsp3) is 0.652. The third-order valence-corrected chi connectivity index (χ3v) is 5.24. The Kier molecular flexibility index (Phi) is 9.96. The van der Waals surface area contributed by atoms with Crippen LogP contribution >= 0.6 is 0 Å². The topological polar surface area (TPSA) is 55.4 Å². The van der Waals surface area contributed by atoms with Crippen LogP contribution in [-0.2, 0) is 4.79 Å². The summed E-state index contributed by atoms with van der Waals surface area (Å²) in [6.45, 7) is 2.97. The average molecular weight is 374 g/mol. The minimum atomic E-state index is -0.305. The molecule has 0 radical (unpaired) electrons. The highest BCUT2D eigenvalue weighted by Crippen LogP contribution is 2.17. The lowest BCUT2D eigenvalue weighted by molar-refractivity contribution is -0.118. The van der Waals surface area contributed by atoms with E-state index in [-0.39, 0.29) is 17.7 Å². The van der Waals surface area contributed by atoms with Crippen LogP contribution in [0.15, 0.2) is 24.3 Å². The zero-order valence-electron chi connectivity index (χ0n) is 16.8. The molecule has 1 N–H and O–H groups in total. The molecule has 1 atom stereocenters. The van der Waals surface area contributed by atoms with E-state index < -0.39 is 0 Å². The molecule has 1 aromatic carbocycles. The zero-order chi connectivity index (χ0) is 19.3. The lowest BCUT2D eigenvalue weighted by Crippen LogP contribution is -2.37. The van der Waals surface area contributed by atoms with Gasteiger partial charge in [-0.15, -0.1) is 0 Å². The predicted molar refractivity (Wildman–Crippen MR) is 109 cm³/mol. The van der Waals surface area contributed by atoms with Crippen molar-refractivity contribution in [3.63, 3.8) is 0 Å². The highest BCUT2D eigenvalue weighted by molar-refractivity contribution is 5.98. The number of carbonyl (C=O) groups is 2. The Morgan fingerprint density at radius 2 is 1.63 bits per heavy atom. The van der Waals surface area contributed by atoms with E-state index in [0.29, 0.717) is 12.0 Å². The van der Waals surface area contributed by atoms with Crippen LogP contribution in [0.25, 0.3) is 0 Å². The van der Waals surface area contributed by atoms with Crippen molar-refractivity contribution in [2.75, 3.05) is 6.61 Å². The fourth-order valence-corrected chi connectivity index (χ4v) is 3.52. The number of hydrogen-bond acceptors (Lipinski definition) is 3. The second-order valence-corrected chi connectivity index (χ2v) is 7.59. The number of amides is 1.